The Morgan fingerprint density at radius 2 is 1.16 bits per heavy atom. The lowest BCUT2D eigenvalue weighted by Crippen LogP contribution is -2.16. The third-order valence-corrected chi connectivity index (χ3v) is 8.83. The van der Waals surface area contributed by atoms with E-state index < -0.39 is 32.0 Å². The summed E-state index contributed by atoms with van der Waals surface area (Å²) < 4.78 is 52.6. The molecule has 7 heteroatoms. The molecule has 0 fully saturated rings. The van der Waals surface area contributed by atoms with Gasteiger partial charge in [-0.1, -0.05) is 60.7 Å². The van der Waals surface area contributed by atoms with Gasteiger partial charge in [-0.2, -0.15) is 0 Å². The normalized spacial score (nSPS) is 13.0. The number of rotatable bonds is 6. The van der Waals surface area contributed by atoms with E-state index in [9.17, 15) is 21.9 Å². The molecule has 0 bridgehead atoms. The van der Waals surface area contributed by atoms with E-state index in [-0.39, 0.29) is 14.7 Å². The molecule has 0 radical (unpaired) electrons. The zero-order valence-corrected chi connectivity index (χ0v) is 18.1. The molecule has 4 aromatic rings. The van der Waals surface area contributed by atoms with Crippen LogP contribution in [-0.4, -0.2) is 34.3 Å². The minimum atomic E-state index is -4.12. The Labute approximate surface area is 181 Å². The molecule has 158 valence electrons. The van der Waals surface area contributed by atoms with Gasteiger partial charge in [0, 0.05) is 0 Å². The Hall–Kier alpha value is -3.00. The molecule has 0 heterocycles. The molecule has 0 atom stereocenters. The molecule has 0 aliphatic heterocycles. The van der Waals surface area contributed by atoms with Crippen molar-refractivity contribution in [1.29, 1.82) is 0 Å². The van der Waals surface area contributed by atoms with Crippen molar-refractivity contribution >= 4 is 41.2 Å². The number of hydrogen-bond donors (Lipinski definition) is 1. The van der Waals surface area contributed by atoms with Gasteiger partial charge in [0.25, 0.3) is 0 Å². The van der Waals surface area contributed by atoms with Crippen molar-refractivity contribution in [1.82, 2.24) is 0 Å². The van der Waals surface area contributed by atoms with Crippen LogP contribution in [0, 0.1) is 0 Å². The largest absolute Gasteiger partial charge is 0.392 e. The van der Waals surface area contributed by atoms with Gasteiger partial charge in [0.1, 0.15) is 0 Å². The standard InChI is InChI=1S/C24H20O5S2/c25-14-13-24(31(28,29)23-12-10-19-6-2-4-8-21(19)16-23)17-30(26,27)22-11-9-18-5-1-3-7-20(18)15-22/h1-13,15-16,25H,14,17H2. The van der Waals surface area contributed by atoms with Crippen LogP contribution in [0.15, 0.2) is 106 Å². The maximum atomic E-state index is 13.2. The first-order chi connectivity index (χ1) is 14.8. The molecule has 0 spiro atoms. The molecule has 4 aromatic carbocycles. The predicted molar refractivity (Wildman–Crippen MR) is 122 cm³/mol. The molecule has 0 aliphatic carbocycles. The third-order valence-electron chi connectivity index (χ3n) is 5.11. The average Bonchev–Trinajstić information content (AvgIpc) is 2.78. The van der Waals surface area contributed by atoms with Crippen LogP contribution in [0.2, 0.25) is 0 Å². The molecule has 0 aliphatic rings. The van der Waals surface area contributed by atoms with Gasteiger partial charge in [0.05, 0.1) is 27.1 Å². The number of fused-ring (bicyclic) bond motifs is 2. The Kier molecular flexibility index (Phi) is 5.66. The van der Waals surface area contributed by atoms with Crippen LogP contribution < -0.4 is 0 Å². The second kappa shape index (κ2) is 8.26. The third kappa shape index (κ3) is 4.25. The first-order valence-electron chi connectivity index (χ1n) is 9.57. The molecular formula is C24H20O5S2. The fourth-order valence-corrected chi connectivity index (χ4v) is 6.92. The summed E-state index contributed by atoms with van der Waals surface area (Å²) >= 11 is 0. The Morgan fingerprint density at radius 1 is 0.677 bits per heavy atom. The summed E-state index contributed by atoms with van der Waals surface area (Å²) in [5.74, 6) is -0.735. The fraction of sp³-hybridized carbons (Fsp3) is 0.0833. The van der Waals surface area contributed by atoms with E-state index >= 15 is 0 Å². The van der Waals surface area contributed by atoms with Crippen molar-refractivity contribution in [3.63, 3.8) is 0 Å². The highest BCUT2D eigenvalue weighted by molar-refractivity contribution is 7.98. The lowest BCUT2D eigenvalue weighted by atomic mass is 10.1. The van der Waals surface area contributed by atoms with E-state index in [2.05, 4.69) is 0 Å². The minimum absolute atomic E-state index is 0.0142. The molecule has 0 saturated heterocycles. The van der Waals surface area contributed by atoms with E-state index in [1.807, 2.05) is 24.3 Å². The van der Waals surface area contributed by atoms with Gasteiger partial charge in [-0.3, -0.25) is 0 Å². The molecule has 31 heavy (non-hydrogen) atoms. The molecular weight excluding hydrogens is 432 g/mol. The van der Waals surface area contributed by atoms with Crippen LogP contribution >= 0.6 is 0 Å². The second-order valence-corrected chi connectivity index (χ2v) is 11.1. The van der Waals surface area contributed by atoms with Crippen molar-refractivity contribution in [2.24, 2.45) is 0 Å². The first kappa shape index (κ1) is 21.2. The molecule has 5 nitrogen and oxygen atoms in total. The molecule has 4 rings (SSSR count). The Balaban J connectivity index is 1.74. The number of benzene rings is 4. The number of aliphatic hydroxyl groups is 1. The van der Waals surface area contributed by atoms with Gasteiger partial charge >= 0.3 is 0 Å². The van der Waals surface area contributed by atoms with Crippen LogP contribution in [0.5, 0.6) is 0 Å². The fourth-order valence-electron chi connectivity index (χ4n) is 3.47. The average molecular weight is 453 g/mol. The highest BCUT2D eigenvalue weighted by atomic mass is 32.2. The summed E-state index contributed by atoms with van der Waals surface area (Å²) in [5.41, 5.74) is 0. The van der Waals surface area contributed by atoms with Crippen molar-refractivity contribution in [2.75, 3.05) is 12.4 Å². The van der Waals surface area contributed by atoms with Crippen LogP contribution in [0.4, 0.5) is 0 Å². The monoisotopic (exact) mass is 452 g/mol. The van der Waals surface area contributed by atoms with Crippen molar-refractivity contribution < 1.29 is 21.9 Å². The van der Waals surface area contributed by atoms with E-state index in [1.54, 1.807) is 36.4 Å². The van der Waals surface area contributed by atoms with Crippen LogP contribution in [0.3, 0.4) is 0 Å². The molecule has 0 aromatic heterocycles. The highest BCUT2D eigenvalue weighted by Gasteiger charge is 2.27. The van der Waals surface area contributed by atoms with Gasteiger partial charge in [-0.15, -0.1) is 0 Å². The maximum absolute atomic E-state index is 13.2. The summed E-state index contributed by atoms with van der Waals surface area (Å²) in [6, 6.07) is 24.0. The smallest absolute Gasteiger partial charge is 0.203 e. The number of aliphatic hydroxyl groups excluding tert-OH is 1. The summed E-state index contributed by atoms with van der Waals surface area (Å²) in [4.78, 5) is -0.332. The molecule has 0 unspecified atom stereocenters. The van der Waals surface area contributed by atoms with E-state index in [0.717, 1.165) is 27.6 Å². The van der Waals surface area contributed by atoms with Gasteiger partial charge in [-0.25, -0.2) is 16.8 Å². The SMILES string of the molecule is O=S(=O)(CC(=CCO)S(=O)(=O)c1ccc2ccccc2c1)c1ccc2ccccc2c1. The summed E-state index contributed by atoms with van der Waals surface area (Å²) in [5, 5.41) is 12.6. The summed E-state index contributed by atoms with van der Waals surface area (Å²) in [6.07, 6.45) is 1.04. The number of sulfone groups is 2. The predicted octanol–water partition coefficient (Wildman–Crippen LogP) is 4.12. The van der Waals surface area contributed by atoms with Crippen molar-refractivity contribution in [3.05, 3.63) is 95.9 Å². The van der Waals surface area contributed by atoms with Gasteiger partial charge in [-0.05, 0) is 51.9 Å². The Bertz CT molecular complexity index is 1520. The quantitative estimate of drug-likeness (QED) is 0.475. The van der Waals surface area contributed by atoms with E-state index in [1.165, 1.54) is 24.3 Å². The summed E-state index contributed by atoms with van der Waals surface area (Å²) in [7, 11) is -8.08. The second-order valence-electron chi connectivity index (χ2n) is 7.13. The zero-order chi connectivity index (χ0) is 22.1. The van der Waals surface area contributed by atoms with Crippen molar-refractivity contribution in [2.45, 2.75) is 9.79 Å². The Morgan fingerprint density at radius 3 is 1.71 bits per heavy atom. The van der Waals surface area contributed by atoms with Gasteiger partial charge in [0.2, 0.25) is 9.84 Å². The van der Waals surface area contributed by atoms with Crippen LogP contribution in [0.25, 0.3) is 21.5 Å². The van der Waals surface area contributed by atoms with Gasteiger partial charge < -0.3 is 5.11 Å². The molecule has 0 saturated carbocycles. The zero-order valence-electron chi connectivity index (χ0n) is 16.5. The lowest BCUT2D eigenvalue weighted by Gasteiger charge is -2.12. The molecule has 1 N–H and O–H groups in total. The number of hydrogen-bond acceptors (Lipinski definition) is 5. The minimum Gasteiger partial charge on any atom is -0.392 e. The van der Waals surface area contributed by atoms with Crippen molar-refractivity contribution in [3.8, 4) is 0 Å². The van der Waals surface area contributed by atoms with Crippen LogP contribution in [-0.2, 0) is 19.7 Å². The van der Waals surface area contributed by atoms with Gasteiger partial charge in [0.15, 0.2) is 9.84 Å². The highest BCUT2D eigenvalue weighted by Crippen LogP contribution is 2.27. The summed E-state index contributed by atoms with van der Waals surface area (Å²) in [6.45, 7) is -0.588. The first-order valence-corrected chi connectivity index (χ1v) is 12.7. The lowest BCUT2D eigenvalue weighted by molar-refractivity contribution is 0.342. The topological polar surface area (TPSA) is 88.5 Å². The van der Waals surface area contributed by atoms with E-state index in [0.29, 0.717) is 0 Å². The molecule has 0 amide bonds. The maximum Gasteiger partial charge on any atom is 0.203 e. The van der Waals surface area contributed by atoms with Crippen LogP contribution in [0.1, 0.15) is 0 Å². The van der Waals surface area contributed by atoms with E-state index in [4.69, 9.17) is 0 Å².